The number of rotatable bonds is 7. The van der Waals surface area contributed by atoms with Crippen LogP contribution in [0.4, 0.5) is 5.82 Å². The van der Waals surface area contributed by atoms with Crippen LogP contribution in [0.15, 0.2) is 30.6 Å². The van der Waals surface area contributed by atoms with Crippen molar-refractivity contribution < 1.29 is 14.3 Å². The Morgan fingerprint density at radius 3 is 2.69 bits per heavy atom. The molecule has 2 aliphatic rings. The fraction of sp³-hybridized carbons (Fsp3) is 0.476. The van der Waals surface area contributed by atoms with Gasteiger partial charge in [0.1, 0.15) is 11.5 Å². The Kier molecular flexibility index (Phi) is 6.09. The van der Waals surface area contributed by atoms with Crippen molar-refractivity contribution in [3.8, 4) is 11.5 Å². The highest BCUT2D eigenvalue weighted by atomic mass is 16.7. The fourth-order valence-corrected chi connectivity index (χ4v) is 3.49. The molecule has 0 atom stereocenters. The lowest BCUT2D eigenvalue weighted by Gasteiger charge is -2.34. The van der Waals surface area contributed by atoms with Crippen molar-refractivity contribution in [2.75, 3.05) is 44.8 Å². The van der Waals surface area contributed by atoms with E-state index in [4.69, 9.17) is 9.47 Å². The second-order valence-electron chi connectivity index (χ2n) is 7.32. The first-order valence-corrected chi connectivity index (χ1v) is 10.2. The van der Waals surface area contributed by atoms with E-state index >= 15 is 0 Å². The summed E-state index contributed by atoms with van der Waals surface area (Å²) in [6, 6.07) is 6.05. The second kappa shape index (κ2) is 9.09. The quantitative estimate of drug-likeness (QED) is 0.719. The van der Waals surface area contributed by atoms with Gasteiger partial charge in [-0.2, -0.15) is 0 Å². The summed E-state index contributed by atoms with van der Waals surface area (Å²) in [5.41, 5.74) is 1.58. The topological polar surface area (TPSA) is 79.8 Å². The highest BCUT2D eigenvalue weighted by Gasteiger charge is 2.24. The molecule has 29 heavy (non-hydrogen) atoms. The standard InChI is InChI=1S/C21H27N5O3/c1-2-3-6-22-20-13-23-17(12-24-20)21(27)26-9-7-25(8-10-26)14-16-4-5-18-19(11-16)29-15-28-18/h4-5,11-13H,2-3,6-10,14-15H2,1H3,(H,22,24). The molecule has 0 radical (unpaired) electrons. The maximum Gasteiger partial charge on any atom is 0.274 e. The van der Waals surface area contributed by atoms with Crippen molar-refractivity contribution in [2.24, 2.45) is 0 Å². The second-order valence-corrected chi connectivity index (χ2v) is 7.32. The number of anilines is 1. The molecule has 0 unspecified atom stereocenters. The van der Waals surface area contributed by atoms with Crippen molar-refractivity contribution in [3.05, 3.63) is 41.9 Å². The molecule has 1 aromatic heterocycles. The third-order valence-electron chi connectivity index (χ3n) is 5.21. The summed E-state index contributed by atoms with van der Waals surface area (Å²) in [6.07, 6.45) is 5.41. The normalized spacial score (nSPS) is 16.1. The maximum atomic E-state index is 12.7. The monoisotopic (exact) mass is 397 g/mol. The molecule has 8 nitrogen and oxygen atoms in total. The number of aromatic nitrogens is 2. The molecule has 8 heteroatoms. The summed E-state index contributed by atoms with van der Waals surface area (Å²) in [6.45, 7) is 7.14. The summed E-state index contributed by atoms with van der Waals surface area (Å²) in [5.74, 6) is 2.27. The maximum absolute atomic E-state index is 12.7. The average Bonchev–Trinajstić information content (AvgIpc) is 3.22. The molecule has 1 fully saturated rings. The lowest BCUT2D eigenvalue weighted by atomic mass is 10.1. The van der Waals surface area contributed by atoms with Gasteiger partial charge < -0.3 is 19.7 Å². The molecule has 1 aromatic carbocycles. The average molecular weight is 397 g/mol. The Hall–Kier alpha value is -2.87. The number of hydrogen-bond acceptors (Lipinski definition) is 7. The van der Waals surface area contributed by atoms with E-state index in [0.717, 1.165) is 50.5 Å². The van der Waals surface area contributed by atoms with Gasteiger partial charge in [-0.3, -0.25) is 9.69 Å². The summed E-state index contributed by atoms with van der Waals surface area (Å²) < 4.78 is 10.8. The zero-order chi connectivity index (χ0) is 20.1. The number of amides is 1. The van der Waals surface area contributed by atoms with Gasteiger partial charge in [-0.05, 0) is 24.1 Å². The molecule has 0 saturated carbocycles. The van der Waals surface area contributed by atoms with Crippen LogP contribution in [-0.2, 0) is 6.54 Å². The molecule has 154 valence electrons. The van der Waals surface area contributed by atoms with E-state index in [1.54, 1.807) is 12.4 Å². The number of nitrogens with zero attached hydrogens (tertiary/aromatic N) is 4. The first-order valence-electron chi connectivity index (χ1n) is 10.2. The number of ether oxygens (including phenoxy) is 2. The molecule has 2 aliphatic heterocycles. The molecule has 1 N–H and O–H groups in total. The predicted molar refractivity (Wildman–Crippen MR) is 109 cm³/mol. The van der Waals surface area contributed by atoms with Gasteiger partial charge in [0, 0.05) is 39.3 Å². The number of hydrogen-bond donors (Lipinski definition) is 1. The van der Waals surface area contributed by atoms with Crippen LogP contribution in [0.1, 0.15) is 35.8 Å². The van der Waals surface area contributed by atoms with E-state index in [1.807, 2.05) is 17.0 Å². The fourth-order valence-electron chi connectivity index (χ4n) is 3.49. The van der Waals surface area contributed by atoms with Crippen LogP contribution in [0, 0.1) is 0 Å². The third kappa shape index (κ3) is 4.76. The SMILES string of the molecule is CCCCNc1cnc(C(=O)N2CCN(Cc3ccc4c(c3)OCO4)CC2)cn1. The van der Waals surface area contributed by atoms with E-state index in [2.05, 4.69) is 33.2 Å². The zero-order valence-corrected chi connectivity index (χ0v) is 16.8. The van der Waals surface area contributed by atoms with Gasteiger partial charge in [-0.15, -0.1) is 0 Å². The highest BCUT2D eigenvalue weighted by Crippen LogP contribution is 2.32. The zero-order valence-electron chi connectivity index (χ0n) is 16.8. The molecule has 3 heterocycles. The van der Waals surface area contributed by atoms with Crippen LogP contribution in [0.25, 0.3) is 0 Å². The first-order chi connectivity index (χ1) is 14.2. The number of piperazine rings is 1. The van der Waals surface area contributed by atoms with Crippen molar-refractivity contribution in [1.29, 1.82) is 0 Å². The van der Waals surface area contributed by atoms with Gasteiger partial charge in [-0.1, -0.05) is 19.4 Å². The first kappa shape index (κ1) is 19.4. The van der Waals surface area contributed by atoms with Gasteiger partial charge in [0.25, 0.3) is 5.91 Å². The molecular weight excluding hydrogens is 370 g/mol. The number of nitrogens with one attached hydrogen (secondary N) is 1. The predicted octanol–water partition coefficient (Wildman–Crippen LogP) is 2.38. The molecule has 2 aromatic rings. The molecule has 1 saturated heterocycles. The minimum atomic E-state index is -0.0552. The Morgan fingerprint density at radius 2 is 1.93 bits per heavy atom. The van der Waals surface area contributed by atoms with Crippen LogP contribution in [0.5, 0.6) is 11.5 Å². The van der Waals surface area contributed by atoms with E-state index < -0.39 is 0 Å². The molecule has 0 spiro atoms. The van der Waals surface area contributed by atoms with Crippen LogP contribution in [-0.4, -0.2) is 65.2 Å². The van der Waals surface area contributed by atoms with E-state index in [0.29, 0.717) is 24.6 Å². The van der Waals surface area contributed by atoms with Gasteiger partial charge in [0.05, 0.1) is 12.4 Å². The number of carbonyl (C=O) groups excluding carboxylic acids is 1. The van der Waals surface area contributed by atoms with Gasteiger partial charge in [0.2, 0.25) is 6.79 Å². The minimum absolute atomic E-state index is 0.0552. The molecule has 4 rings (SSSR count). The molecule has 1 amide bonds. The molecule has 0 aliphatic carbocycles. The number of unbranched alkanes of at least 4 members (excludes halogenated alkanes) is 1. The summed E-state index contributed by atoms with van der Waals surface area (Å²) in [5, 5.41) is 3.21. The van der Waals surface area contributed by atoms with Crippen LogP contribution >= 0.6 is 0 Å². The smallest absolute Gasteiger partial charge is 0.274 e. The van der Waals surface area contributed by atoms with Gasteiger partial charge in [0.15, 0.2) is 11.5 Å². The lowest BCUT2D eigenvalue weighted by Crippen LogP contribution is -2.48. The van der Waals surface area contributed by atoms with E-state index in [9.17, 15) is 4.79 Å². The van der Waals surface area contributed by atoms with E-state index in [-0.39, 0.29) is 12.7 Å². The van der Waals surface area contributed by atoms with E-state index in [1.165, 1.54) is 5.56 Å². The van der Waals surface area contributed by atoms with Gasteiger partial charge >= 0.3 is 0 Å². The summed E-state index contributed by atoms with van der Waals surface area (Å²) >= 11 is 0. The summed E-state index contributed by atoms with van der Waals surface area (Å²) in [4.78, 5) is 25.5. The van der Waals surface area contributed by atoms with Crippen LogP contribution < -0.4 is 14.8 Å². The Balaban J connectivity index is 1.27. The van der Waals surface area contributed by atoms with Crippen molar-refractivity contribution >= 4 is 11.7 Å². The highest BCUT2D eigenvalue weighted by molar-refractivity contribution is 5.92. The van der Waals surface area contributed by atoms with Crippen molar-refractivity contribution in [3.63, 3.8) is 0 Å². The van der Waals surface area contributed by atoms with Crippen LogP contribution in [0.2, 0.25) is 0 Å². The lowest BCUT2D eigenvalue weighted by molar-refractivity contribution is 0.0622. The Labute approximate surface area is 170 Å². The van der Waals surface area contributed by atoms with Gasteiger partial charge in [-0.25, -0.2) is 9.97 Å². The van der Waals surface area contributed by atoms with Crippen molar-refractivity contribution in [2.45, 2.75) is 26.3 Å². The van der Waals surface area contributed by atoms with Crippen LogP contribution in [0.3, 0.4) is 0 Å². The third-order valence-corrected chi connectivity index (χ3v) is 5.21. The number of fused-ring (bicyclic) bond motifs is 1. The summed E-state index contributed by atoms with van der Waals surface area (Å²) in [7, 11) is 0. The Bertz CT molecular complexity index is 835. The Morgan fingerprint density at radius 1 is 1.10 bits per heavy atom. The molecule has 0 bridgehead atoms. The molecular formula is C21H27N5O3. The largest absolute Gasteiger partial charge is 0.454 e. The number of benzene rings is 1. The minimum Gasteiger partial charge on any atom is -0.454 e. The number of carbonyl (C=O) groups is 1. The van der Waals surface area contributed by atoms with Crippen molar-refractivity contribution in [1.82, 2.24) is 19.8 Å².